The van der Waals surface area contributed by atoms with Crippen LogP contribution in [0.2, 0.25) is 0 Å². The number of hydrogen-bond donors (Lipinski definition) is 0. The van der Waals surface area contributed by atoms with Gasteiger partial charge >= 0.3 is 0 Å². The lowest BCUT2D eigenvalue weighted by atomic mass is 9.86. The first-order valence-corrected chi connectivity index (χ1v) is 15.0. The molecule has 1 heteroatoms. The topological polar surface area (TPSA) is 4.93 Å². The van der Waals surface area contributed by atoms with E-state index in [9.17, 15) is 0 Å². The van der Waals surface area contributed by atoms with Gasteiger partial charge < -0.3 is 4.57 Å². The van der Waals surface area contributed by atoms with Crippen LogP contribution < -0.4 is 0 Å². The third kappa shape index (κ3) is 3.52. The molecule has 0 atom stereocenters. The molecule has 8 aromatic carbocycles. The summed E-state index contributed by atoms with van der Waals surface area (Å²) >= 11 is 0. The summed E-state index contributed by atoms with van der Waals surface area (Å²) in [6.07, 6.45) is 0. The molecule has 0 N–H and O–H groups in total. The Hall–Kier alpha value is -5.40. The molecule has 9 aromatic rings. The van der Waals surface area contributed by atoms with E-state index in [-0.39, 0.29) is 0 Å². The fourth-order valence-corrected chi connectivity index (χ4v) is 7.33. The van der Waals surface area contributed by atoms with Crippen molar-refractivity contribution < 1.29 is 0 Å². The summed E-state index contributed by atoms with van der Waals surface area (Å²) in [5, 5.41) is 13.0. The molecule has 1 nitrogen and oxygen atoms in total. The third-order valence-electron chi connectivity index (χ3n) is 9.24. The maximum atomic E-state index is 2.41. The second-order valence-corrected chi connectivity index (χ2v) is 11.9. The Labute approximate surface area is 250 Å². The largest absolute Gasteiger partial charge is 0.309 e. The van der Waals surface area contributed by atoms with Crippen LogP contribution in [-0.2, 0) is 0 Å². The average Bonchev–Trinajstić information content (AvgIpc) is 3.36. The molecule has 43 heavy (non-hydrogen) atoms. The van der Waals surface area contributed by atoms with E-state index in [4.69, 9.17) is 0 Å². The summed E-state index contributed by atoms with van der Waals surface area (Å²) in [6, 6.07) is 51.8. The standard InChI is InChI=1S/C42H29N/c1-26-15-21-39-36(23-26)37-24-27(2)16-22-40(37)43(39)30-19-17-28(18-20-30)41-31-10-4-3-9-29(31)25-38-34-13-6-5-11-32(34)33-12-7-8-14-35(33)42(38)41/h3-25H,1-2H3. The van der Waals surface area contributed by atoms with Crippen LogP contribution in [0.5, 0.6) is 0 Å². The van der Waals surface area contributed by atoms with E-state index in [1.54, 1.807) is 0 Å². The highest BCUT2D eigenvalue weighted by atomic mass is 15.0. The molecule has 0 aliphatic carbocycles. The first-order valence-electron chi connectivity index (χ1n) is 15.0. The predicted molar refractivity (Wildman–Crippen MR) is 186 cm³/mol. The Morgan fingerprint density at radius 1 is 0.395 bits per heavy atom. The van der Waals surface area contributed by atoms with E-state index in [0.29, 0.717) is 0 Å². The molecule has 0 saturated carbocycles. The van der Waals surface area contributed by atoms with Crippen molar-refractivity contribution in [1.82, 2.24) is 4.57 Å². The highest BCUT2D eigenvalue weighted by molar-refractivity contribution is 6.32. The van der Waals surface area contributed by atoms with E-state index in [1.165, 1.54) is 92.8 Å². The van der Waals surface area contributed by atoms with Crippen LogP contribution in [0.15, 0.2) is 140 Å². The van der Waals surface area contributed by atoms with E-state index in [0.717, 1.165) is 0 Å². The summed E-state index contributed by atoms with van der Waals surface area (Å²) in [6.45, 7) is 4.35. The predicted octanol–water partition coefficient (Wildman–Crippen LogP) is 11.7. The SMILES string of the molecule is Cc1ccc2c(c1)c1cc(C)ccc1n2-c1ccc(-c2c3ccccc3cc3c4ccccc4c4ccccc4c23)cc1. The number of aromatic nitrogens is 1. The van der Waals surface area contributed by atoms with Crippen molar-refractivity contribution in [2.24, 2.45) is 0 Å². The van der Waals surface area contributed by atoms with Gasteiger partial charge in [0.25, 0.3) is 0 Å². The van der Waals surface area contributed by atoms with Gasteiger partial charge in [-0.25, -0.2) is 0 Å². The van der Waals surface area contributed by atoms with Gasteiger partial charge in [-0.15, -0.1) is 0 Å². The lowest BCUT2D eigenvalue weighted by Gasteiger charge is -2.17. The summed E-state index contributed by atoms with van der Waals surface area (Å²) in [5.41, 5.74) is 8.76. The van der Waals surface area contributed by atoms with Crippen LogP contribution >= 0.6 is 0 Å². The second-order valence-electron chi connectivity index (χ2n) is 11.9. The van der Waals surface area contributed by atoms with E-state index in [2.05, 4.69) is 158 Å². The minimum absolute atomic E-state index is 1.18. The first-order chi connectivity index (χ1) is 21.2. The molecule has 1 aromatic heterocycles. The van der Waals surface area contributed by atoms with Crippen molar-refractivity contribution in [3.63, 3.8) is 0 Å². The zero-order valence-corrected chi connectivity index (χ0v) is 24.2. The molecule has 0 aliphatic heterocycles. The fraction of sp³-hybridized carbons (Fsp3) is 0.0476. The lowest BCUT2D eigenvalue weighted by molar-refractivity contribution is 1.18. The monoisotopic (exact) mass is 547 g/mol. The molecule has 1 heterocycles. The van der Waals surface area contributed by atoms with Crippen molar-refractivity contribution >= 4 is 64.9 Å². The molecule has 0 bridgehead atoms. The van der Waals surface area contributed by atoms with Crippen molar-refractivity contribution in [3.8, 4) is 16.8 Å². The Bertz CT molecular complexity index is 2500. The average molecular weight is 548 g/mol. The maximum absolute atomic E-state index is 2.41. The molecule has 202 valence electrons. The number of hydrogen-bond acceptors (Lipinski definition) is 0. The van der Waals surface area contributed by atoms with Gasteiger partial charge in [-0.1, -0.05) is 108 Å². The second kappa shape index (κ2) is 9.05. The Morgan fingerprint density at radius 2 is 0.907 bits per heavy atom. The molecule has 0 aliphatic rings. The Balaban J connectivity index is 1.36. The van der Waals surface area contributed by atoms with Crippen LogP contribution in [0.4, 0.5) is 0 Å². The normalized spacial score (nSPS) is 12.0. The van der Waals surface area contributed by atoms with Crippen LogP contribution in [-0.4, -0.2) is 4.57 Å². The lowest BCUT2D eigenvalue weighted by Crippen LogP contribution is -1.94. The van der Waals surface area contributed by atoms with Crippen molar-refractivity contribution in [2.45, 2.75) is 13.8 Å². The molecule has 0 amide bonds. The number of fused-ring (bicyclic) bond motifs is 10. The molecule has 9 rings (SSSR count). The van der Waals surface area contributed by atoms with Gasteiger partial charge in [0.1, 0.15) is 0 Å². The van der Waals surface area contributed by atoms with Gasteiger partial charge in [0, 0.05) is 16.5 Å². The van der Waals surface area contributed by atoms with Gasteiger partial charge in [0.05, 0.1) is 11.0 Å². The van der Waals surface area contributed by atoms with Gasteiger partial charge in [-0.3, -0.25) is 0 Å². The van der Waals surface area contributed by atoms with Crippen LogP contribution in [0, 0.1) is 13.8 Å². The zero-order valence-electron chi connectivity index (χ0n) is 24.2. The molecular weight excluding hydrogens is 518 g/mol. The number of aryl methyl sites for hydroxylation is 2. The molecule has 0 unspecified atom stereocenters. The molecular formula is C42H29N. The van der Waals surface area contributed by atoms with Crippen LogP contribution in [0.25, 0.3) is 81.7 Å². The van der Waals surface area contributed by atoms with Crippen molar-refractivity contribution in [3.05, 3.63) is 151 Å². The summed E-state index contributed by atoms with van der Waals surface area (Å²) in [4.78, 5) is 0. The minimum Gasteiger partial charge on any atom is -0.309 e. The summed E-state index contributed by atoms with van der Waals surface area (Å²) < 4.78 is 2.41. The molecule has 0 saturated heterocycles. The van der Waals surface area contributed by atoms with Gasteiger partial charge in [-0.05, 0) is 111 Å². The van der Waals surface area contributed by atoms with Crippen LogP contribution in [0.1, 0.15) is 11.1 Å². The highest BCUT2D eigenvalue weighted by Crippen LogP contribution is 2.44. The smallest absolute Gasteiger partial charge is 0.0541 e. The number of nitrogens with zero attached hydrogens (tertiary/aromatic N) is 1. The molecule has 0 radical (unpaired) electrons. The van der Waals surface area contributed by atoms with E-state index >= 15 is 0 Å². The summed E-state index contributed by atoms with van der Waals surface area (Å²) in [5.74, 6) is 0. The zero-order chi connectivity index (χ0) is 28.7. The molecule has 0 fully saturated rings. The molecule has 0 spiro atoms. The highest BCUT2D eigenvalue weighted by Gasteiger charge is 2.17. The summed E-state index contributed by atoms with van der Waals surface area (Å²) in [7, 11) is 0. The quantitative estimate of drug-likeness (QED) is 0.150. The van der Waals surface area contributed by atoms with Crippen molar-refractivity contribution in [2.75, 3.05) is 0 Å². The first kappa shape index (κ1) is 24.2. The Kier molecular flexibility index (Phi) is 5.10. The maximum Gasteiger partial charge on any atom is 0.0541 e. The van der Waals surface area contributed by atoms with Crippen molar-refractivity contribution in [1.29, 1.82) is 0 Å². The van der Waals surface area contributed by atoms with Gasteiger partial charge in [0.15, 0.2) is 0 Å². The minimum atomic E-state index is 1.18. The number of benzene rings is 8. The number of rotatable bonds is 2. The van der Waals surface area contributed by atoms with Gasteiger partial charge in [0.2, 0.25) is 0 Å². The third-order valence-corrected chi connectivity index (χ3v) is 9.24. The van der Waals surface area contributed by atoms with Gasteiger partial charge in [-0.2, -0.15) is 0 Å². The Morgan fingerprint density at radius 3 is 1.53 bits per heavy atom. The van der Waals surface area contributed by atoms with E-state index < -0.39 is 0 Å². The van der Waals surface area contributed by atoms with E-state index in [1.807, 2.05) is 0 Å². The van der Waals surface area contributed by atoms with Crippen LogP contribution in [0.3, 0.4) is 0 Å². The fourth-order valence-electron chi connectivity index (χ4n) is 7.33.